The lowest BCUT2D eigenvalue weighted by Crippen LogP contribution is -2.25. The van der Waals surface area contributed by atoms with Crippen molar-refractivity contribution in [1.82, 2.24) is 5.32 Å². The minimum Gasteiger partial charge on any atom is -0.485 e. The van der Waals surface area contributed by atoms with E-state index in [1.54, 1.807) is 0 Å². The first-order valence-corrected chi connectivity index (χ1v) is 4.89. The van der Waals surface area contributed by atoms with Crippen LogP contribution in [0, 0.1) is 6.92 Å². The highest BCUT2D eigenvalue weighted by Crippen LogP contribution is 2.23. The van der Waals surface area contributed by atoms with Crippen molar-refractivity contribution in [2.45, 2.75) is 19.6 Å². The van der Waals surface area contributed by atoms with Gasteiger partial charge in [0, 0.05) is 18.7 Å². The largest absolute Gasteiger partial charge is 0.485 e. The van der Waals surface area contributed by atoms with Crippen LogP contribution in [0.3, 0.4) is 0 Å². The fraction of sp³-hybridized carbons (Fsp3) is 0.333. The smallest absolute Gasteiger partial charge is 0.129 e. The lowest BCUT2D eigenvalue weighted by Gasteiger charge is -2.13. The molecule has 1 N–H and O–H groups in total. The van der Waals surface area contributed by atoms with Gasteiger partial charge in [-0.25, -0.2) is 0 Å². The normalized spacial score (nSPS) is 20.5. The summed E-state index contributed by atoms with van der Waals surface area (Å²) in [5.74, 6) is 0.986. The number of nitrogens with one attached hydrogen (secondary N) is 1. The molecule has 0 saturated heterocycles. The van der Waals surface area contributed by atoms with E-state index in [0.717, 1.165) is 18.8 Å². The summed E-state index contributed by atoms with van der Waals surface area (Å²) < 4.78 is 5.81. The minimum atomic E-state index is 0.0815. The van der Waals surface area contributed by atoms with Crippen molar-refractivity contribution in [2.75, 3.05) is 6.54 Å². The van der Waals surface area contributed by atoms with Crippen LogP contribution in [0.2, 0.25) is 0 Å². The van der Waals surface area contributed by atoms with Gasteiger partial charge in [0.1, 0.15) is 11.9 Å². The van der Waals surface area contributed by atoms with Crippen molar-refractivity contribution in [1.29, 1.82) is 0 Å². The minimum absolute atomic E-state index is 0.0815. The molecular formula is C12H15NO. The zero-order valence-electron chi connectivity index (χ0n) is 8.42. The molecule has 0 spiro atoms. The summed E-state index contributed by atoms with van der Waals surface area (Å²) in [6.45, 7) is 7.54. The molecule has 1 aliphatic heterocycles. The van der Waals surface area contributed by atoms with E-state index < -0.39 is 0 Å². The monoisotopic (exact) mass is 189 g/mol. The first-order chi connectivity index (χ1) is 6.79. The molecule has 0 bridgehead atoms. The van der Waals surface area contributed by atoms with Gasteiger partial charge in [0.2, 0.25) is 0 Å². The molecule has 0 amide bonds. The highest BCUT2D eigenvalue weighted by Gasteiger charge is 2.13. The van der Waals surface area contributed by atoms with E-state index >= 15 is 0 Å². The van der Waals surface area contributed by atoms with E-state index in [4.69, 9.17) is 4.74 Å². The van der Waals surface area contributed by atoms with Gasteiger partial charge < -0.3 is 10.1 Å². The predicted molar refractivity (Wildman–Crippen MR) is 57.5 cm³/mol. The Morgan fingerprint density at radius 2 is 2.43 bits per heavy atom. The second kappa shape index (κ2) is 3.84. The molecule has 2 rings (SSSR count). The Kier molecular flexibility index (Phi) is 2.55. The average Bonchev–Trinajstić information content (AvgIpc) is 2.38. The maximum atomic E-state index is 5.81. The fourth-order valence-corrected chi connectivity index (χ4v) is 1.60. The van der Waals surface area contributed by atoms with E-state index in [1.165, 1.54) is 11.1 Å². The van der Waals surface area contributed by atoms with Crippen molar-refractivity contribution in [2.24, 2.45) is 0 Å². The highest BCUT2D eigenvalue weighted by molar-refractivity contribution is 5.38. The number of fused-ring (bicyclic) bond motifs is 1. The Bertz CT molecular complexity index is 346. The van der Waals surface area contributed by atoms with Crippen LogP contribution in [-0.2, 0) is 6.54 Å². The zero-order chi connectivity index (χ0) is 9.97. The molecule has 1 atom stereocenters. The van der Waals surface area contributed by atoms with Gasteiger partial charge in [0.25, 0.3) is 0 Å². The summed E-state index contributed by atoms with van der Waals surface area (Å²) in [6.07, 6.45) is 1.92. The summed E-state index contributed by atoms with van der Waals surface area (Å²) in [4.78, 5) is 0. The molecule has 0 aromatic heterocycles. The van der Waals surface area contributed by atoms with Crippen LogP contribution < -0.4 is 10.1 Å². The van der Waals surface area contributed by atoms with Crippen LogP contribution in [0.5, 0.6) is 5.75 Å². The molecule has 2 heteroatoms. The Morgan fingerprint density at radius 3 is 3.21 bits per heavy atom. The van der Waals surface area contributed by atoms with Gasteiger partial charge in [-0.1, -0.05) is 24.8 Å². The second-order valence-corrected chi connectivity index (χ2v) is 3.63. The molecule has 74 valence electrons. The standard InChI is InChI=1S/C12H15NO/c1-3-11-8-13-7-10-5-4-9(2)6-12(10)14-11/h3-6,11,13H,1,7-8H2,2H3/t11-/m1/s1. The number of hydrogen-bond donors (Lipinski definition) is 1. The molecule has 0 fully saturated rings. The lowest BCUT2D eigenvalue weighted by atomic mass is 10.1. The number of benzene rings is 1. The maximum absolute atomic E-state index is 5.81. The predicted octanol–water partition coefficient (Wildman–Crippen LogP) is 2.03. The summed E-state index contributed by atoms with van der Waals surface area (Å²) >= 11 is 0. The van der Waals surface area contributed by atoms with E-state index in [2.05, 4.69) is 37.0 Å². The first kappa shape index (κ1) is 9.28. The van der Waals surface area contributed by atoms with Gasteiger partial charge in [0.15, 0.2) is 0 Å². The Morgan fingerprint density at radius 1 is 1.57 bits per heavy atom. The zero-order valence-corrected chi connectivity index (χ0v) is 8.42. The number of rotatable bonds is 1. The third kappa shape index (κ3) is 1.80. The quantitative estimate of drug-likeness (QED) is 0.682. The SMILES string of the molecule is C=C[C@@H]1CNCc2ccc(C)cc2O1. The molecule has 14 heavy (non-hydrogen) atoms. The van der Waals surface area contributed by atoms with Crippen LogP contribution >= 0.6 is 0 Å². The molecule has 1 aromatic rings. The first-order valence-electron chi connectivity index (χ1n) is 4.89. The fourth-order valence-electron chi connectivity index (χ4n) is 1.60. The van der Waals surface area contributed by atoms with Gasteiger partial charge in [-0.05, 0) is 18.6 Å². The van der Waals surface area contributed by atoms with Crippen molar-refractivity contribution in [3.63, 3.8) is 0 Å². The molecule has 0 aliphatic carbocycles. The summed E-state index contributed by atoms with van der Waals surface area (Å²) in [7, 11) is 0. The van der Waals surface area contributed by atoms with Crippen LogP contribution in [0.4, 0.5) is 0 Å². The van der Waals surface area contributed by atoms with Crippen LogP contribution in [-0.4, -0.2) is 12.6 Å². The van der Waals surface area contributed by atoms with Crippen molar-refractivity contribution >= 4 is 0 Å². The van der Waals surface area contributed by atoms with Crippen LogP contribution in [0.25, 0.3) is 0 Å². The van der Waals surface area contributed by atoms with Crippen LogP contribution in [0.15, 0.2) is 30.9 Å². The van der Waals surface area contributed by atoms with Gasteiger partial charge >= 0.3 is 0 Å². The van der Waals surface area contributed by atoms with Gasteiger partial charge in [-0.3, -0.25) is 0 Å². The van der Waals surface area contributed by atoms with Gasteiger partial charge in [-0.15, -0.1) is 0 Å². The van der Waals surface area contributed by atoms with E-state index in [0.29, 0.717) is 0 Å². The Labute approximate surface area is 84.6 Å². The number of hydrogen-bond acceptors (Lipinski definition) is 2. The molecule has 2 nitrogen and oxygen atoms in total. The summed E-state index contributed by atoms with van der Waals surface area (Å²) in [5, 5.41) is 3.33. The van der Waals surface area contributed by atoms with Gasteiger partial charge in [0.05, 0.1) is 0 Å². The molecule has 1 heterocycles. The summed E-state index contributed by atoms with van der Waals surface area (Å²) in [5.41, 5.74) is 2.45. The van der Waals surface area contributed by atoms with Crippen molar-refractivity contribution < 1.29 is 4.74 Å². The van der Waals surface area contributed by atoms with Crippen molar-refractivity contribution in [3.8, 4) is 5.75 Å². The molecule has 1 aromatic carbocycles. The third-order valence-electron chi connectivity index (χ3n) is 2.42. The van der Waals surface area contributed by atoms with Gasteiger partial charge in [-0.2, -0.15) is 0 Å². The van der Waals surface area contributed by atoms with Crippen LogP contribution in [0.1, 0.15) is 11.1 Å². The maximum Gasteiger partial charge on any atom is 0.129 e. The van der Waals surface area contributed by atoms with E-state index in [9.17, 15) is 0 Å². The molecule has 0 radical (unpaired) electrons. The lowest BCUT2D eigenvalue weighted by molar-refractivity contribution is 0.254. The molecule has 1 aliphatic rings. The summed E-state index contributed by atoms with van der Waals surface area (Å²) in [6, 6.07) is 6.31. The highest BCUT2D eigenvalue weighted by atomic mass is 16.5. The molecular weight excluding hydrogens is 174 g/mol. The molecule has 0 saturated carbocycles. The number of aryl methyl sites for hydroxylation is 1. The van der Waals surface area contributed by atoms with Crippen molar-refractivity contribution in [3.05, 3.63) is 42.0 Å². The second-order valence-electron chi connectivity index (χ2n) is 3.63. The topological polar surface area (TPSA) is 21.3 Å². The Balaban J connectivity index is 2.33. The molecule has 0 unspecified atom stereocenters. The third-order valence-corrected chi connectivity index (χ3v) is 2.42. The number of ether oxygens (including phenoxy) is 1. The van der Waals surface area contributed by atoms with E-state index in [1.807, 2.05) is 6.08 Å². The Hall–Kier alpha value is -1.28. The van der Waals surface area contributed by atoms with E-state index in [-0.39, 0.29) is 6.10 Å². The average molecular weight is 189 g/mol.